The number of benzene rings is 2. The van der Waals surface area contributed by atoms with Crippen molar-refractivity contribution in [1.82, 2.24) is 0 Å². The lowest BCUT2D eigenvalue weighted by atomic mass is 10.1. The number of anilines is 2. The van der Waals surface area contributed by atoms with Gasteiger partial charge in [-0.05, 0) is 30.2 Å². The summed E-state index contributed by atoms with van der Waals surface area (Å²) in [5, 5.41) is 0. The van der Waals surface area contributed by atoms with Gasteiger partial charge in [0.1, 0.15) is 5.82 Å². The molecule has 0 saturated heterocycles. The SMILES string of the molecule is Nc1cccc2c1CCN2C(=O)Cc1ccccc1F. The number of carbonyl (C=O) groups excluding carboxylic acids is 1. The van der Waals surface area contributed by atoms with E-state index < -0.39 is 0 Å². The molecular weight excluding hydrogens is 255 g/mol. The van der Waals surface area contributed by atoms with Crippen molar-refractivity contribution in [3.8, 4) is 0 Å². The lowest BCUT2D eigenvalue weighted by Gasteiger charge is -2.17. The summed E-state index contributed by atoms with van der Waals surface area (Å²) in [7, 11) is 0. The molecule has 0 atom stereocenters. The number of carbonyl (C=O) groups is 1. The third-order valence-corrected chi connectivity index (χ3v) is 3.66. The first-order valence-corrected chi connectivity index (χ1v) is 6.58. The van der Waals surface area contributed by atoms with Gasteiger partial charge in [-0.1, -0.05) is 24.3 Å². The summed E-state index contributed by atoms with van der Waals surface area (Å²) < 4.78 is 13.6. The maximum atomic E-state index is 13.6. The van der Waals surface area contributed by atoms with Crippen molar-refractivity contribution in [3.63, 3.8) is 0 Å². The lowest BCUT2D eigenvalue weighted by Crippen LogP contribution is -2.30. The fourth-order valence-electron chi connectivity index (χ4n) is 2.62. The van der Waals surface area contributed by atoms with Crippen LogP contribution < -0.4 is 10.6 Å². The van der Waals surface area contributed by atoms with Crippen LogP contribution in [0.4, 0.5) is 15.8 Å². The molecule has 0 radical (unpaired) electrons. The van der Waals surface area contributed by atoms with E-state index >= 15 is 0 Å². The number of nitrogens with two attached hydrogens (primary N) is 1. The highest BCUT2D eigenvalue weighted by Crippen LogP contribution is 2.32. The van der Waals surface area contributed by atoms with Gasteiger partial charge in [-0.15, -0.1) is 0 Å². The van der Waals surface area contributed by atoms with Crippen LogP contribution in [0.15, 0.2) is 42.5 Å². The highest BCUT2D eigenvalue weighted by Gasteiger charge is 2.26. The second-order valence-corrected chi connectivity index (χ2v) is 4.91. The molecule has 0 bridgehead atoms. The first-order chi connectivity index (χ1) is 9.66. The van der Waals surface area contributed by atoms with Crippen LogP contribution in [0.25, 0.3) is 0 Å². The van der Waals surface area contributed by atoms with Gasteiger partial charge < -0.3 is 10.6 Å². The van der Waals surface area contributed by atoms with Gasteiger partial charge >= 0.3 is 0 Å². The van der Waals surface area contributed by atoms with Crippen LogP contribution in [0.1, 0.15) is 11.1 Å². The molecule has 0 spiro atoms. The Hall–Kier alpha value is -2.36. The number of rotatable bonds is 2. The van der Waals surface area contributed by atoms with Gasteiger partial charge in [0, 0.05) is 23.5 Å². The molecule has 1 amide bonds. The number of fused-ring (bicyclic) bond motifs is 1. The van der Waals surface area contributed by atoms with Gasteiger partial charge in [-0.25, -0.2) is 4.39 Å². The third-order valence-electron chi connectivity index (χ3n) is 3.66. The highest BCUT2D eigenvalue weighted by atomic mass is 19.1. The minimum atomic E-state index is -0.340. The van der Waals surface area contributed by atoms with E-state index in [2.05, 4.69) is 0 Å². The fraction of sp³-hybridized carbons (Fsp3) is 0.188. The Bertz CT molecular complexity index is 669. The van der Waals surface area contributed by atoms with Crippen molar-refractivity contribution >= 4 is 17.3 Å². The average molecular weight is 270 g/mol. The van der Waals surface area contributed by atoms with Crippen molar-refractivity contribution in [3.05, 3.63) is 59.4 Å². The summed E-state index contributed by atoms with van der Waals surface area (Å²) in [6.07, 6.45) is 0.825. The van der Waals surface area contributed by atoms with Crippen molar-refractivity contribution in [1.29, 1.82) is 0 Å². The quantitative estimate of drug-likeness (QED) is 0.852. The number of nitrogens with zero attached hydrogens (tertiary/aromatic N) is 1. The Morgan fingerprint density at radius 1 is 1.20 bits per heavy atom. The van der Waals surface area contributed by atoms with Crippen LogP contribution in [0.5, 0.6) is 0 Å². The number of hydrogen-bond donors (Lipinski definition) is 1. The first kappa shape index (κ1) is 12.7. The molecule has 1 aliphatic rings. The summed E-state index contributed by atoms with van der Waals surface area (Å²) in [6, 6.07) is 11.9. The van der Waals surface area contributed by atoms with Crippen LogP contribution in [0, 0.1) is 5.82 Å². The summed E-state index contributed by atoms with van der Waals surface area (Å²) in [6.45, 7) is 0.608. The highest BCUT2D eigenvalue weighted by molar-refractivity contribution is 5.97. The number of nitrogen functional groups attached to an aromatic ring is 1. The Morgan fingerprint density at radius 3 is 2.80 bits per heavy atom. The molecule has 3 nitrogen and oxygen atoms in total. The van der Waals surface area contributed by atoms with Gasteiger partial charge in [-0.3, -0.25) is 4.79 Å². The lowest BCUT2D eigenvalue weighted by molar-refractivity contribution is -0.117. The van der Waals surface area contributed by atoms with Crippen LogP contribution >= 0.6 is 0 Å². The topological polar surface area (TPSA) is 46.3 Å². The van der Waals surface area contributed by atoms with Crippen molar-refractivity contribution in [2.45, 2.75) is 12.8 Å². The molecule has 102 valence electrons. The largest absolute Gasteiger partial charge is 0.398 e. The molecular formula is C16H15FN2O. The Balaban J connectivity index is 1.84. The van der Waals surface area contributed by atoms with E-state index in [1.165, 1.54) is 6.07 Å². The van der Waals surface area contributed by atoms with E-state index in [1.807, 2.05) is 18.2 Å². The summed E-state index contributed by atoms with van der Waals surface area (Å²) in [5.41, 5.74) is 8.91. The Morgan fingerprint density at radius 2 is 2.00 bits per heavy atom. The number of halogens is 1. The summed E-state index contributed by atoms with van der Waals surface area (Å²) in [5.74, 6) is -0.438. The summed E-state index contributed by atoms with van der Waals surface area (Å²) in [4.78, 5) is 14.1. The minimum absolute atomic E-state index is 0.0703. The predicted molar refractivity (Wildman–Crippen MR) is 77.0 cm³/mol. The standard InChI is InChI=1S/C16H15FN2O/c17-13-5-2-1-4-11(13)10-16(20)19-9-8-12-14(18)6-3-7-15(12)19/h1-7H,8-10,18H2. The molecule has 2 N–H and O–H groups in total. The van der Waals surface area contributed by atoms with Crippen LogP contribution in [-0.4, -0.2) is 12.5 Å². The molecule has 2 aromatic carbocycles. The molecule has 20 heavy (non-hydrogen) atoms. The van der Waals surface area contributed by atoms with Crippen LogP contribution in [0.3, 0.4) is 0 Å². The molecule has 0 unspecified atom stereocenters. The molecule has 3 rings (SSSR count). The maximum absolute atomic E-state index is 13.6. The van der Waals surface area contributed by atoms with Gasteiger partial charge in [0.2, 0.25) is 5.91 Å². The minimum Gasteiger partial charge on any atom is -0.398 e. The molecule has 1 heterocycles. The second-order valence-electron chi connectivity index (χ2n) is 4.91. The second kappa shape index (κ2) is 4.96. The van der Waals surface area contributed by atoms with E-state index in [4.69, 9.17) is 5.73 Å². The number of hydrogen-bond acceptors (Lipinski definition) is 2. The average Bonchev–Trinajstić information content (AvgIpc) is 2.87. The van der Waals surface area contributed by atoms with Gasteiger partial charge in [0.25, 0.3) is 0 Å². The van der Waals surface area contributed by atoms with Gasteiger partial charge in [-0.2, -0.15) is 0 Å². The third kappa shape index (κ3) is 2.13. The van der Waals surface area contributed by atoms with Crippen molar-refractivity contribution < 1.29 is 9.18 Å². The smallest absolute Gasteiger partial charge is 0.231 e. The fourth-order valence-corrected chi connectivity index (χ4v) is 2.62. The van der Waals surface area contributed by atoms with E-state index in [1.54, 1.807) is 23.1 Å². The van der Waals surface area contributed by atoms with Crippen molar-refractivity contribution in [2.75, 3.05) is 17.2 Å². The van der Waals surface area contributed by atoms with Crippen molar-refractivity contribution in [2.24, 2.45) is 0 Å². The first-order valence-electron chi connectivity index (χ1n) is 6.58. The van der Waals surface area contributed by atoms with Gasteiger partial charge in [0.15, 0.2) is 0 Å². The molecule has 4 heteroatoms. The van der Waals surface area contributed by atoms with E-state index in [-0.39, 0.29) is 18.1 Å². The zero-order valence-electron chi connectivity index (χ0n) is 11.0. The normalized spacial score (nSPS) is 13.3. The molecule has 1 aliphatic heterocycles. The molecule has 0 saturated carbocycles. The molecule has 2 aromatic rings. The van der Waals surface area contributed by atoms with E-state index in [9.17, 15) is 9.18 Å². The Labute approximate surface area is 116 Å². The molecule has 0 aliphatic carbocycles. The maximum Gasteiger partial charge on any atom is 0.231 e. The molecule has 0 aromatic heterocycles. The van der Waals surface area contributed by atoms with E-state index in [0.717, 1.165) is 17.7 Å². The predicted octanol–water partition coefficient (Wildman–Crippen LogP) is 2.54. The van der Waals surface area contributed by atoms with Crippen LogP contribution in [0.2, 0.25) is 0 Å². The Kier molecular flexibility index (Phi) is 3.14. The zero-order valence-corrected chi connectivity index (χ0v) is 11.0. The van der Waals surface area contributed by atoms with E-state index in [0.29, 0.717) is 17.8 Å². The zero-order chi connectivity index (χ0) is 14.1. The monoisotopic (exact) mass is 270 g/mol. The van der Waals surface area contributed by atoms with Crippen LogP contribution in [-0.2, 0) is 17.6 Å². The molecule has 0 fully saturated rings. The summed E-state index contributed by atoms with van der Waals surface area (Å²) >= 11 is 0. The number of amides is 1. The van der Waals surface area contributed by atoms with Gasteiger partial charge in [0.05, 0.1) is 6.42 Å².